The van der Waals surface area contributed by atoms with Gasteiger partial charge in [0, 0.05) is 11.9 Å². The zero-order valence-electron chi connectivity index (χ0n) is 12.9. The van der Waals surface area contributed by atoms with Crippen molar-refractivity contribution >= 4 is 11.8 Å². The fourth-order valence-electron chi connectivity index (χ4n) is 2.50. The molecule has 0 aliphatic rings. The third-order valence-electron chi connectivity index (χ3n) is 3.56. The first-order chi connectivity index (χ1) is 10.6. The summed E-state index contributed by atoms with van der Waals surface area (Å²) in [6.45, 7) is 6.45. The number of aromatic amines is 1. The van der Waals surface area contributed by atoms with E-state index in [0.29, 0.717) is 5.82 Å². The predicted molar refractivity (Wildman–Crippen MR) is 89.8 cm³/mol. The highest BCUT2D eigenvalue weighted by molar-refractivity contribution is 7.98. The summed E-state index contributed by atoms with van der Waals surface area (Å²) in [5, 5.41) is 7.97. The summed E-state index contributed by atoms with van der Waals surface area (Å²) in [6.07, 6.45) is 1.75. The lowest BCUT2D eigenvalue weighted by Gasteiger charge is -2.09. The maximum Gasteiger partial charge on any atom is 0.209 e. The number of rotatable bonds is 4. The van der Waals surface area contributed by atoms with Crippen molar-refractivity contribution < 1.29 is 0 Å². The molecule has 22 heavy (non-hydrogen) atoms. The van der Waals surface area contributed by atoms with Crippen LogP contribution in [-0.2, 0) is 5.75 Å². The minimum atomic E-state index is 0.709. The average Bonchev–Trinajstić information content (AvgIpc) is 2.96. The number of nitrogens with one attached hydrogen (secondary N) is 1. The summed E-state index contributed by atoms with van der Waals surface area (Å²) < 4.78 is 0. The fraction of sp³-hybridized carbons (Fsp3) is 0.235. The lowest BCUT2D eigenvalue weighted by Crippen LogP contribution is -1.93. The molecule has 1 N–H and O–H groups in total. The van der Waals surface area contributed by atoms with E-state index < -0.39 is 0 Å². The molecule has 0 aliphatic carbocycles. The largest absolute Gasteiger partial charge is 0.257 e. The Morgan fingerprint density at radius 3 is 2.55 bits per heavy atom. The lowest BCUT2D eigenvalue weighted by molar-refractivity contribution is 0.972. The SMILES string of the molecule is Cc1cc(C)c(CSc2n[nH]c(-c3ccccn3)n2)c(C)c1. The third-order valence-corrected chi connectivity index (χ3v) is 4.43. The number of aryl methyl sites for hydroxylation is 3. The molecular formula is C17H18N4S. The van der Waals surface area contributed by atoms with Crippen LogP contribution in [-0.4, -0.2) is 20.2 Å². The van der Waals surface area contributed by atoms with Crippen LogP contribution in [0.4, 0.5) is 0 Å². The maximum atomic E-state index is 4.51. The zero-order valence-corrected chi connectivity index (χ0v) is 13.7. The van der Waals surface area contributed by atoms with E-state index in [1.807, 2.05) is 18.2 Å². The van der Waals surface area contributed by atoms with Crippen LogP contribution in [0.3, 0.4) is 0 Å². The molecule has 0 amide bonds. The van der Waals surface area contributed by atoms with E-state index in [4.69, 9.17) is 0 Å². The van der Waals surface area contributed by atoms with Gasteiger partial charge in [-0.3, -0.25) is 10.1 Å². The number of aromatic nitrogens is 4. The van der Waals surface area contributed by atoms with Gasteiger partial charge in [0.2, 0.25) is 5.16 Å². The number of benzene rings is 1. The number of hydrogen-bond acceptors (Lipinski definition) is 4. The minimum absolute atomic E-state index is 0.709. The molecule has 0 aliphatic heterocycles. The Morgan fingerprint density at radius 1 is 1.09 bits per heavy atom. The molecule has 5 heteroatoms. The average molecular weight is 310 g/mol. The molecule has 0 atom stereocenters. The van der Waals surface area contributed by atoms with Crippen molar-refractivity contribution in [2.24, 2.45) is 0 Å². The molecule has 3 aromatic rings. The van der Waals surface area contributed by atoms with Crippen LogP contribution >= 0.6 is 11.8 Å². The first kappa shape index (κ1) is 14.8. The molecule has 4 nitrogen and oxygen atoms in total. The lowest BCUT2D eigenvalue weighted by atomic mass is 10.0. The standard InChI is InChI=1S/C17H18N4S/c1-11-8-12(2)14(13(3)9-11)10-22-17-19-16(20-21-17)15-6-4-5-7-18-15/h4-9H,10H2,1-3H3,(H,19,20,21). The Kier molecular flexibility index (Phi) is 4.24. The van der Waals surface area contributed by atoms with Crippen LogP contribution in [0.1, 0.15) is 22.3 Å². The van der Waals surface area contributed by atoms with Crippen molar-refractivity contribution in [3.8, 4) is 11.5 Å². The Bertz CT molecular complexity index is 757. The van der Waals surface area contributed by atoms with Gasteiger partial charge in [0.15, 0.2) is 5.82 Å². The number of pyridine rings is 1. The number of thioether (sulfide) groups is 1. The van der Waals surface area contributed by atoms with Gasteiger partial charge in [0.1, 0.15) is 5.69 Å². The normalized spacial score (nSPS) is 10.9. The molecule has 0 saturated heterocycles. The summed E-state index contributed by atoms with van der Waals surface area (Å²) in [5.74, 6) is 1.58. The second-order valence-electron chi connectivity index (χ2n) is 5.35. The summed E-state index contributed by atoms with van der Waals surface area (Å²) in [6, 6.07) is 10.2. The zero-order chi connectivity index (χ0) is 15.5. The van der Waals surface area contributed by atoms with Crippen LogP contribution in [0.2, 0.25) is 0 Å². The first-order valence-corrected chi connectivity index (χ1v) is 8.15. The number of H-pyrrole nitrogens is 1. The highest BCUT2D eigenvalue weighted by Crippen LogP contribution is 2.26. The van der Waals surface area contributed by atoms with E-state index in [9.17, 15) is 0 Å². The van der Waals surface area contributed by atoms with Gasteiger partial charge in [-0.1, -0.05) is 35.5 Å². The van der Waals surface area contributed by atoms with Gasteiger partial charge < -0.3 is 0 Å². The Hall–Kier alpha value is -2.14. The Morgan fingerprint density at radius 2 is 1.86 bits per heavy atom. The molecule has 0 bridgehead atoms. The highest BCUT2D eigenvalue weighted by Gasteiger charge is 2.09. The summed E-state index contributed by atoms with van der Waals surface area (Å²) in [5.41, 5.74) is 6.12. The van der Waals surface area contributed by atoms with Gasteiger partial charge in [0.25, 0.3) is 0 Å². The van der Waals surface area contributed by atoms with E-state index in [1.54, 1.807) is 18.0 Å². The van der Waals surface area contributed by atoms with E-state index in [2.05, 4.69) is 53.1 Å². The van der Waals surface area contributed by atoms with E-state index in [-0.39, 0.29) is 0 Å². The highest BCUT2D eigenvalue weighted by atomic mass is 32.2. The first-order valence-electron chi connectivity index (χ1n) is 7.17. The third kappa shape index (κ3) is 3.20. The van der Waals surface area contributed by atoms with Gasteiger partial charge >= 0.3 is 0 Å². The summed E-state index contributed by atoms with van der Waals surface area (Å²) in [7, 11) is 0. The van der Waals surface area contributed by atoms with E-state index in [0.717, 1.165) is 16.6 Å². The van der Waals surface area contributed by atoms with Gasteiger partial charge in [-0.2, -0.15) is 4.98 Å². The van der Waals surface area contributed by atoms with Gasteiger partial charge in [-0.15, -0.1) is 5.10 Å². The van der Waals surface area contributed by atoms with Crippen molar-refractivity contribution in [2.75, 3.05) is 0 Å². The fourth-order valence-corrected chi connectivity index (χ4v) is 3.50. The van der Waals surface area contributed by atoms with Crippen molar-refractivity contribution in [1.29, 1.82) is 0 Å². The summed E-state index contributed by atoms with van der Waals surface area (Å²) in [4.78, 5) is 8.78. The topological polar surface area (TPSA) is 54.5 Å². The number of nitrogens with zero attached hydrogens (tertiary/aromatic N) is 3. The quantitative estimate of drug-likeness (QED) is 0.738. The minimum Gasteiger partial charge on any atom is -0.257 e. The second kappa shape index (κ2) is 6.32. The Labute approximate surface area is 134 Å². The molecule has 2 heterocycles. The number of hydrogen-bond donors (Lipinski definition) is 1. The predicted octanol–water partition coefficient (Wildman–Crippen LogP) is 4.08. The molecule has 3 rings (SSSR count). The molecule has 1 aromatic carbocycles. The second-order valence-corrected chi connectivity index (χ2v) is 6.29. The van der Waals surface area contributed by atoms with Crippen molar-refractivity contribution in [3.63, 3.8) is 0 Å². The Balaban J connectivity index is 1.74. The molecular weight excluding hydrogens is 292 g/mol. The molecule has 0 saturated carbocycles. The van der Waals surface area contributed by atoms with E-state index in [1.165, 1.54) is 22.3 Å². The van der Waals surface area contributed by atoms with Gasteiger partial charge in [-0.05, 0) is 49.6 Å². The van der Waals surface area contributed by atoms with Crippen molar-refractivity contribution in [3.05, 3.63) is 58.8 Å². The smallest absolute Gasteiger partial charge is 0.209 e. The van der Waals surface area contributed by atoms with Crippen LogP contribution in [0.5, 0.6) is 0 Å². The molecule has 0 unspecified atom stereocenters. The van der Waals surface area contributed by atoms with Crippen molar-refractivity contribution in [2.45, 2.75) is 31.7 Å². The molecule has 112 valence electrons. The van der Waals surface area contributed by atoms with Gasteiger partial charge in [-0.25, -0.2) is 0 Å². The maximum absolute atomic E-state index is 4.51. The molecule has 0 spiro atoms. The van der Waals surface area contributed by atoms with Crippen LogP contribution in [0.15, 0.2) is 41.7 Å². The van der Waals surface area contributed by atoms with Gasteiger partial charge in [0.05, 0.1) is 0 Å². The van der Waals surface area contributed by atoms with Crippen LogP contribution < -0.4 is 0 Å². The monoisotopic (exact) mass is 310 g/mol. The van der Waals surface area contributed by atoms with Crippen LogP contribution in [0, 0.1) is 20.8 Å². The van der Waals surface area contributed by atoms with E-state index >= 15 is 0 Å². The molecule has 0 fully saturated rings. The molecule has 0 radical (unpaired) electrons. The molecule has 2 aromatic heterocycles. The van der Waals surface area contributed by atoms with Crippen LogP contribution in [0.25, 0.3) is 11.5 Å². The summed E-state index contributed by atoms with van der Waals surface area (Å²) >= 11 is 1.64. The van der Waals surface area contributed by atoms with Crippen molar-refractivity contribution in [1.82, 2.24) is 20.2 Å².